The number of hydrogen-bond donors (Lipinski definition) is 2. The number of rotatable bonds is 4. The number of hydrogen-bond acceptors (Lipinski definition) is 4. The Bertz CT molecular complexity index is 331. The Morgan fingerprint density at radius 2 is 2.44 bits per heavy atom. The van der Waals surface area contributed by atoms with Gasteiger partial charge in [0.2, 0.25) is 0 Å². The Hall–Kier alpha value is -1.13. The van der Waals surface area contributed by atoms with Crippen molar-refractivity contribution in [1.82, 2.24) is 10.3 Å². The summed E-state index contributed by atoms with van der Waals surface area (Å²) in [6.45, 7) is 4.56. The quantitative estimate of drug-likeness (QED) is 0.809. The first-order chi connectivity index (χ1) is 7.68. The summed E-state index contributed by atoms with van der Waals surface area (Å²) in [5.41, 5.74) is 0.913. The highest BCUT2D eigenvalue weighted by molar-refractivity contribution is 5.17. The normalized spacial score (nSPS) is 24.8. The highest BCUT2D eigenvalue weighted by atomic mass is 16.5. The van der Waals surface area contributed by atoms with Crippen LogP contribution in [0.3, 0.4) is 0 Å². The minimum absolute atomic E-state index is 0.0169. The summed E-state index contributed by atoms with van der Waals surface area (Å²) in [7, 11) is 0. The van der Waals surface area contributed by atoms with Crippen molar-refractivity contribution in [3.8, 4) is 5.75 Å². The highest BCUT2D eigenvalue weighted by Crippen LogP contribution is 2.23. The molecule has 1 aromatic heterocycles. The van der Waals surface area contributed by atoms with E-state index in [1.54, 1.807) is 6.07 Å². The Kier molecular flexibility index (Phi) is 3.41. The van der Waals surface area contributed by atoms with Gasteiger partial charge in [0.1, 0.15) is 5.75 Å². The van der Waals surface area contributed by atoms with Crippen LogP contribution in [0.25, 0.3) is 0 Å². The average molecular weight is 222 g/mol. The number of aromatic nitrogens is 1. The molecule has 4 heteroatoms. The molecule has 1 atom stereocenters. The minimum atomic E-state index is -0.0169. The summed E-state index contributed by atoms with van der Waals surface area (Å²) < 4.78 is 5.67. The van der Waals surface area contributed by atoms with E-state index in [0.717, 1.165) is 31.7 Å². The van der Waals surface area contributed by atoms with Crippen LogP contribution >= 0.6 is 0 Å². The molecule has 2 rings (SSSR count). The number of ether oxygens (including phenoxy) is 1. The van der Waals surface area contributed by atoms with Crippen LogP contribution in [0.5, 0.6) is 5.75 Å². The van der Waals surface area contributed by atoms with E-state index in [1.807, 2.05) is 6.07 Å². The zero-order valence-corrected chi connectivity index (χ0v) is 9.57. The Labute approximate surface area is 95.7 Å². The fourth-order valence-electron chi connectivity index (χ4n) is 1.95. The van der Waals surface area contributed by atoms with Crippen molar-refractivity contribution in [2.45, 2.75) is 31.9 Å². The van der Waals surface area contributed by atoms with Crippen LogP contribution in [0.1, 0.15) is 25.5 Å². The summed E-state index contributed by atoms with van der Waals surface area (Å²) in [5.74, 6) is 0.204. The molecule has 1 unspecified atom stereocenters. The molecule has 1 aliphatic heterocycles. The van der Waals surface area contributed by atoms with Crippen LogP contribution in [0, 0.1) is 0 Å². The maximum absolute atomic E-state index is 9.09. The zero-order chi connectivity index (χ0) is 11.4. The summed E-state index contributed by atoms with van der Waals surface area (Å²) in [5, 5.41) is 12.4. The second-order valence-electron chi connectivity index (χ2n) is 4.51. The predicted molar refractivity (Wildman–Crippen MR) is 61.2 cm³/mol. The van der Waals surface area contributed by atoms with Crippen LogP contribution < -0.4 is 5.32 Å². The Morgan fingerprint density at radius 1 is 1.56 bits per heavy atom. The standard InChI is InChI=1S/C12H18N2O2/c1-12(5-2-6-16-12)9-13-7-10-3-4-11(15)8-14-10/h3-4,8,13,15H,2,5-7,9H2,1H3. The molecule has 1 aliphatic rings. The van der Waals surface area contributed by atoms with Gasteiger partial charge in [-0.15, -0.1) is 0 Å². The van der Waals surface area contributed by atoms with Crippen molar-refractivity contribution in [3.05, 3.63) is 24.0 Å². The van der Waals surface area contributed by atoms with E-state index < -0.39 is 0 Å². The molecule has 2 N–H and O–H groups in total. The van der Waals surface area contributed by atoms with Crippen LogP contribution in [0.2, 0.25) is 0 Å². The highest BCUT2D eigenvalue weighted by Gasteiger charge is 2.28. The third-order valence-corrected chi connectivity index (χ3v) is 2.91. The molecule has 0 aromatic carbocycles. The van der Waals surface area contributed by atoms with Crippen molar-refractivity contribution in [1.29, 1.82) is 0 Å². The Balaban J connectivity index is 1.77. The largest absolute Gasteiger partial charge is 0.506 e. The molecule has 2 heterocycles. The molecule has 16 heavy (non-hydrogen) atoms. The molecular formula is C12H18N2O2. The van der Waals surface area contributed by atoms with Gasteiger partial charge in [-0.25, -0.2) is 0 Å². The van der Waals surface area contributed by atoms with Crippen LogP contribution in [0.4, 0.5) is 0 Å². The molecule has 1 fully saturated rings. The predicted octanol–water partition coefficient (Wildman–Crippen LogP) is 1.45. The molecule has 1 saturated heterocycles. The van der Waals surface area contributed by atoms with Gasteiger partial charge in [-0.2, -0.15) is 0 Å². The minimum Gasteiger partial charge on any atom is -0.506 e. The van der Waals surface area contributed by atoms with Crippen molar-refractivity contribution in [2.75, 3.05) is 13.2 Å². The fraction of sp³-hybridized carbons (Fsp3) is 0.583. The third-order valence-electron chi connectivity index (χ3n) is 2.91. The van der Waals surface area contributed by atoms with Gasteiger partial charge in [-0.05, 0) is 31.9 Å². The maximum atomic E-state index is 9.09. The van der Waals surface area contributed by atoms with E-state index >= 15 is 0 Å². The fourth-order valence-corrected chi connectivity index (χ4v) is 1.95. The van der Waals surface area contributed by atoms with Crippen molar-refractivity contribution in [2.24, 2.45) is 0 Å². The van der Waals surface area contributed by atoms with Gasteiger partial charge in [-0.3, -0.25) is 4.98 Å². The van der Waals surface area contributed by atoms with Gasteiger partial charge < -0.3 is 15.2 Å². The van der Waals surface area contributed by atoms with E-state index in [1.165, 1.54) is 6.20 Å². The Morgan fingerprint density at radius 3 is 3.06 bits per heavy atom. The third kappa shape index (κ3) is 2.93. The summed E-state index contributed by atoms with van der Waals surface area (Å²) in [6, 6.07) is 3.47. The number of pyridine rings is 1. The van der Waals surface area contributed by atoms with Crippen molar-refractivity contribution in [3.63, 3.8) is 0 Å². The van der Waals surface area contributed by atoms with Crippen molar-refractivity contribution < 1.29 is 9.84 Å². The zero-order valence-electron chi connectivity index (χ0n) is 9.57. The van der Waals surface area contributed by atoms with E-state index in [2.05, 4.69) is 17.2 Å². The van der Waals surface area contributed by atoms with Crippen LogP contribution in [-0.2, 0) is 11.3 Å². The molecule has 0 amide bonds. The maximum Gasteiger partial charge on any atom is 0.133 e. The number of nitrogens with one attached hydrogen (secondary N) is 1. The van der Waals surface area contributed by atoms with Gasteiger partial charge in [0.25, 0.3) is 0 Å². The van der Waals surface area contributed by atoms with Gasteiger partial charge >= 0.3 is 0 Å². The second kappa shape index (κ2) is 4.80. The van der Waals surface area contributed by atoms with Crippen molar-refractivity contribution >= 4 is 0 Å². The topological polar surface area (TPSA) is 54.4 Å². The number of aromatic hydroxyl groups is 1. The first-order valence-electron chi connectivity index (χ1n) is 5.67. The van der Waals surface area contributed by atoms with Crippen LogP contribution in [0.15, 0.2) is 18.3 Å². The van der Waals surface area contributed by atoms with E-state index in [0.29, 0.717) is 6.54 Å². The lowest BCUT2D eigenvalue weighted by molar-refractivity contribution is 0.0206. The molecular weight excluding hydrogens is 204 g/mol. The molecule has 0 spiro atoms. The average Bonchev–Trinajstić information content (AvgIpc) is 2.69. The van der Waals surface area contributed by atoms with E-state index in [-0.39, 0.29) is 11.4 Å². The molecule has 0 aliphatic carbocycles. The summed E-state index contributed by atoms with van der Waals surface area (Å²) >= 11 is 0. The number of nitrogens with zero attached hydrogens (tertiary/aromatic N) is 1. The molecule has 1 aromatic rings. The summed E-state index contributed by atoms with van der Waals surface area (Å²) in [6.07, 6.45) is 3.73. The van der Waals surface area contributed by atoms with Gasteiger partial charge in [0, 0.05) is 19.7 Å². The molecule has 88 valence electrons. The van der Waals surface area contributed by atoms with Gasteiger partial charge in [0.15, 0.2) is 0 Å². The monoisotopic (exact) mass is 222 g/mol. The molecule has 4 nitrogen and oxygen atoms in total. The van der Waals surface area contributed by atoms with Gasteiger partial charge in [-0.1, -0.05) is 0 Å². The molecule has 0 saturated carbocycles. The van der Waals surface area contributed by atoms with E-state index in [4.69, 9.17) is 9.84 Å². The first kappa shape index (κ1) is 11.4. The SMILES string of the molecule is CC1(CNCc2ccc(O)cn2)CCCO1. The van der Waals surface area contributed by atoms with Gasteiger partial charge in [0.05, 0.1) is 17.5 Å². The first-order valence-corrected chi connectivity index (χ1v) is 5.67. The lowest BCUT2D eigenvalue weighted by atomic mass is 10.0. The van der Waals surface area contributed by atoms with E-state index in [9.17, 15) is 0 Å². The summed E-state index contributed by atoms with van der Waals surface area (Å²) in [4.78, 5) is 4.11. The molecule has 0 radical (unpaired) electrons. The lowest BCUT2D eigenvalue weighted by Gasteiger charge is -2.23. The smallest absolute Gasteiger partial charge is 0.133 e. The lowest BCUT2D eigenvalue weighted by Crippen LogP contribution is -2.36. The van der Waals surface area contributed by atoms with Crippen LogP contribution in [-0.4, -0.2) is 28.8 Å². The second-order valence-corrected chi connectivity index (χ2v) is 4.51. The molecule has 0 bridgehead atoms.